The molecule has 0 radical (unpaired) electrons. The number of alkyl halides is 11. The number of pyridine rings is 3. The van der Waals surface area contributed by atoms with Gasteiger partial charge in [-0.05, 0) is 172 Å². The third-order valence-corrected chi connectivity index (χ3v) is 17.9. The molecular formula is C78H57F17N24O2. The summed E-state index contributed by atoms with van der Waals surface area (Å²) in [6.45, 7) is 0.554. The highest BCUT2D eigenvalue weighted by molar-refractivity contribution is 5.83. The number of ether oxygens (including phenoxy) is 2. The van der Waals surface area contributed by atoms with Crippen molar-refractivity contribution < 1.29 is 84.1 Å². The molecule has 43 heteroatoms. The summed E-state index contributed by atoms with van der Waals surface area (Å²) < 4.78 is 242. The average Bonchev–Trinajstić information content (AvgIpc) is 1.60. The fourth-order valence-corrected chi connectivity index (χ4v) is 12.2. The average molecular weight is 1690 g/mol. The number of halogens is 17. The van der Waals surface area contributed by atoms with Gasteiger partial charge in [0.25, 0.3) is 0 Å². The molecule has 1 fully saturated rings. The number of fused-ring (bicyclic) bond motifs is 4. The van der Waals surface area contributed by atoms with Crippen LogP contribution in [0.1, 0.15) is 52.8 Å². The van der Waals surface area contributed by atoms with Gasteiger partial charge >= 0.3 is 25.1 Å². The molecule has 5 aromatic carbocycles. The van der Waals surface area contributed by atoms with Crippen LogP contribution < -0.4 is 53.7 Å². The lowest BCUT2D eigenvalue weighted by atomic mass is 10.1. The lowest BCUT2D eigenvalue weighted by molar-refractivity contribution is -0.140. The van der Waals surface area contributed by atoms with Crippen LogP contribution in [0.25, 0.3) is 68.0 Å². The largest absolute Gasteiger partial charge is 0.497 e. The number of benzene rings is 5. The molecule has 0 spiro atoms. The number of aromatic nitrogens is 16. The lowest BCUT2D eigenvalue weighted by Gasteiger charge is -2.12. The van der Waals surface area contributed by atoms with E-state index in [0.717, 1.165) is 70.4 Å². The molecular weight excluding hydrogens is 1630 g/mol. The first-order valence-electron chi connectivity index (χ1n) is 35.3. The Morgan fingerprint density at radius 2 is 0.893 bits per heavy atom. The van der Waals surface area contributed by atoms with Gasteiger partial charge in [0.2, 0.25) is 29.2 Å². The third-order valence-electron chi connectivity index (χ3n) is 17.9. The molecule has 0 bridgehead atoms. The van der Waals surface area contributed by atoms with Crippen molar-refractivity contribution in [2.24, 2.45) is 0 Å². The molecule has 11 aromatic heterocycles. The van der Waals surface area contributed by atoms with Gasteiger partial charge in [-0.3, -0.25) is 8.97 Å². The highest BCUT2D eigenvalue weighted by Crippen LogP contribution is 2.46. The van der Waals surface area contributed by atoms with E-state index < -0.39 is 100 Å². The van der Waals surface area contributed by atoms with Crippen LogP contribution in [-0.2, 0) is 18.5 Å². The van der Waals surface area contributed by atoms with E-state index in [9.17, 15) is 74.6 Å². The van der Waals surface area contributed by atoms with Crippen molar-refractivity contribution >= 4 is 97.0 Å². The van der Waals surface area contributed by atoms with Crippen LogP contribution >= 0.6 is 0 Å². The van der Waals surface area contributed by atoms with Gasteiger partial charge in [-0.1, -0.05) is 12.1 Å². The second kappa shape index (κ2) is 33.0. The van der Waals surface area contributed by atoms with Crippen molar-refractivity contribution in [3.05, 3.63) is 251 Å². The number of imidazole rings is 2. The Balaban J connectivity index is 0.000000132. The van der Waals surface area contributed by atoms with Crippen molar-refractivity contribution in [1.82, 2.24) is 78.0 Å². The molecule has 16 aromatic rings. The number of nitrogens with zero attached hydrogens (tertiary/aromatic N) is 16. The van der Waals surface area contributed by atoms with E-state index in [0.29, 0.717) is 75.0 Å². The molecule has 0 saturated heterocycles. The van der Waals surface area contributed by atoms with Gasteiger partial charge in [-0.2, -0.15) is 86.0 Å². The van der Waals surface area contributed by atoms with Gasteiger partial charge in [0.1, 0.15) is 40.3 Å². The van der Waals surface area contributed by atoms with Crippen molar-refractivity contribution in [2.75, 3.05) is 51.3 Å². The molecule has 0 atom stereocenters. The zero-order valence-electron chi connectivity index (χ0n) is 62.1. The predicted octanol–water partition coefficient (Wildman–Crippen LogP) is 18.5. The van der Waals surface area contributed by atoms with Gasteiger partial charge in [-0.25, -0.2) is 57.7 Å². The van der Waals surface area contributed by atoms with Gasteiger partial charge in [0.15, 0.2) is 69.7 Å². The smallest absolute Gasteiger partial charge is 0.435 e. The van der Waals surface area contributed by atoms with Crippen LogP contribution in [-0.4, -0.2) is 91.8 Å². The Labute approximate surface area is 668 Å². The Bertz CT molecular complexity index is 6540. The molecule has 0 amide bonds. The normalized spacial score (nSPS) is 12.2. The van der Waals surface area contributed by atoms with Crippen molar-refractivity contribution in [2.45, 2.75) is 57.7 Å². The maximum absolute atomic E-state index is 14.7. The topological polar surface area (TPSA) is 344 Å². The Kier molecular flexibility index (Phi) is 22.5. The Morgan fingerprint density at radius 3 is 1.38 bits per heavy atom. The number of hydrogen-bond donors (Lipinski definition) is 8. The minimum atomic E-state index is -5.01. The van der Waals surface area contributed by atoms with Gasteiger partial charge in [0.05, 0.1) is 62.8 Å². The number of hydrogen-bond acceptors (Lipinski definition) is 22. The molecule has 12 N–H and O–H groups in total. The number of methoxy groups -OCH3 is 1. The molecule has 1 aliphatic rings. The number of anilines is 12. The molecule has 0 aliphatic heterocycles. The molecule has 26 nitrogen and oxygen atoms in total. The maximum Gasteiger partial charge on any atom is 0.435 e. The van der Waals surface area contributed by atoms with Crippen LogP contribution in [0.4, 0.5) is 144 Å². The number of aryl methyl sites for hydroxylation is 2. The fourth-order valence-electron chi connectivity index (χ4n) is 12.2. The predicted molar refractivity (Wildman–Crippen MR) is 411 cm³/mol. The first kappa shape index (κ1) is 82.3. The monoisotopic (exact) mass is 1680 g/mol. The fraction of sp³-hybridized carbons (Fsp3) is 0.128. The third kappa shape index (κ3) is 18.0. The van der Waals surface area contributed by atoms with Crippen LogP contribution in [0.3, 0.4) is 0 Å². The van der Waals surface area contributed by atoms with E-state index in [-0.39, 0.29) is 75.3 Å². The first-order chi connectivity index (χ1) is 57.5. The second-order valence-corrected chi connectivity index (χ2v) is 26.2. The summed E-state index contributed by atoms with van der Waals surface area (Å²) in [6.07, 6.45) is -7.75. The van der Waals surface area contributed by atoms with Crippen LogP contribution in [0.5, 0.6) is 11.5 Å². The van der Waals surface area contributed by atoms with E-state index in [1.54, 1.807) is 78.6 Å². The maximum atomic E-state index is 14.7. The minimum absolute atomic E-state index is 0.00987. The van der Waals surface area contributed by atoms with Gasteiger partial charge in [-0.15, -0.1) is 0 Å². The Hall–Kier alpha value is -15.2. The molecule has 0 unspecified atom stereocenters. The second-order valence-electron chi connectivity index (χ2n) is 26.2. The van der Waals surface area contributed by atoms with E-state index in [2.05, 4.69) is 86.0 Å². The zero-order valence-corrected chi connectivity index (χ0v) is 62.1. The van der Waals surface area contributed by atoms with Gasteiger partial charge in [0, 0.05) is 53.3 Å². The minimum Gasteiger partial charge on any atom is -0.497 e. The van der Waals surface area contributed by atoms with Gasteiger partial charge < -0.3 is 53.7 Å². The highest BCUT2D eigenvalue weighted by atomic mass is 19.4. The summed E-state index contributed by atoms with van der Waals surface area (Å²) in [5.41, 5.74) is 24.9. The molecule has 1 saturated carbocycles. The lowest BCUT2D eigenvalue weighted by Crippen LogP contribution is -2.11. The van der Waals surface area contributed by atoms with E-state index >= 15 is 0 Å². The van der Waals surface area contributed by atoms with Crippen LogP contribution in [0.15, 0.2) is 182 Å². The molecule has 11 heterocycles. The summed E-state index contributed by atoms with van der Waals surface area (Å²) in [6, 6.07) is 37.1. The molecule has 1 aliphatic carbocycles. The van der Waals surface area contributed by atoms with E-state index in [4.69, 9.17) is 27.7 Å². The quantitative estimate of drug-likeness (QED) is 0.0417. The summed E-state index contributed by atoms with van der Waals surface area (Å²) in [5, 5.41) is 19.7. The summed E-state index contributed by atoms with van der Waals surface area (Å²) in [4.78, 5) is 40.1. The first-order valence-corrected chi connectivity index (χ1v) is 35.3. The van der Waals surface area contributed by atoms with Crippen LogP contribution in [0, 0.1) is 48.8 Å². The number of rotatable bonds is 16. The number of nitrogens with one attached hydrogen (secondary N) is 4. The van der Waals surface area contributed by atoms with Crippen molar-refractivity contribution in [3.8, 4) is 51.7 Å². The molecule has 17 rings (SSSR count). The van der Waals surface area contributed by atoms with Crippen molar-refractivity contribution in [3.63, 3.8) is 0 Å². The van der Waals surface area contributed by atoms with E-state index in [1.807, 2.05) is 30.5 Å². The van der Waals surface area contributed by atoms with Crippen LogP contribution in [0.2, 0.25) is 0 Å². The summed E-state index contributed by atoms with van der Waals surface area (Å²) >= 11 is 0. The number of nitrogen functional groups attached to an aromatic ring is 4. The standard InChI is InChI=1S/C21H17F3N6O.C19H10F8N6.C19H14F4N6.C19H16F2N6O/c22-16-18(25)27-19(15-14-3-1-2-10-30(14)29-17(15)11-4-5-11)28-20(16)26-12-6-8-13(9-7-12)31-21(23)24;20-9-3-6-11-30-14(19(25,26)27)13(33(11)7-9)17-31-15(28)12(21)16(32-17)29-10-4-1-8(2-5-10)18(22,23)24;1-10-14(13-4-2-3-9-29(13)28-10)17-26-16(24)15(20)18(27-17)25-12-7-5-11(6-8-12)19(21,22)23;1-10-23-14-8-3-11(20)9-15(14)27(10)19-25-17(22)16(21)18(26-19)24-12-4-6-13(28-2)7-5-12/h1-3,6-11,21H,4-5H2,(H3,25,26,27,28);1-7H,(H3,28,29,31,32);2-9H,1H3,(H3,24,25,26,27);3-9H,1-2H3,(H3,22,24,25,26). The molecule has 121 heavy (non-hydrogen) atoms. The number of nitrogens with two attached hydrogens (primary N) is 4. The zero-order chi connectivity index (χ0) is 86.3. The summed E-state index contributed by atoms with van der Waals surface area (Å²) in [7, 11) is 1.56. The summed E-state index contributed by atoms with van der Waals surface area (Å²) in [5.74, 6) is -6.91. The van der Waals surface area contributed by atoms with Crippen molar-refractivity contribution in [1.29, 1.82) is 0 Å². The Morgan fingerprint density at radius 1 is 0.446 bits per heavy atom. The molecule has 620 valence electrons. The SMILES string of the molecule is COc1ccc(Nc2nc(-n3c(C)nc4ccc(F)cc43)nc(N)c2F)cc1.Cc1nn2ccccc2c1-c1nc(N)c(F)c(Nc2ccc(C(F)(F)F)cc2)n1.Nc1nc(-c2c(C(F)(F)F)nc3ccc(F)cn23)nc(Nc2ccc(C(F)(F)F)cc2)c1F.Nc1nc(-c2c(C3CC3)nn3ccccc23)nc(Nc2ccc(OC(F)F)cc2)c1F. The van der Waals surface area contributed by atoms with E-state index in [1.165, 1.54) is 53.1 Å². The highest BCUT2D eigenvalue weighted by Gasteiger charge is 2.41.